The van der Waals surface area contributed by atoms with E-state index < -0.39 is 36.1 Å². The van der Waals surface area contributed by atoms with Crippen LogP contribution in [0.25, 0.3) is 10.9 Å². The standard InChI is InChI=1S/C26H28ClF2N5O3/c1-31(2)15-26(28)12-22(24(36)34(29)13-17-6-5-7-19(27)10-17)33(16-26)23(35)11-18-14-32(25(30)37)21-9-4-3-8-20(18)21/h3-10,14,22H,11-13,15-16H2,1-2H3,(H2,30,37)/t22-,26-/m0/s1. The van der Waals surface area contributed by atoms with Gasteiger partial charge in [0.25, 0.3) is 5.91 Å². The van der Waals surface area contributed by atoms with E-state index >= 15 is 8.87 Å². The molecule has 0 saturated carbocycles. The number of aromatic nitrogens is 1. The molecule has 0 spiro atoms. The molecule has 4 rings (SSSR count). The van der Waals surface area contributed by atoms with Crippen LogP contribution in [0.5, 0.6) is 0 Å². The molecule has 37 heavy (non-hydrogen) atoms. The van der Waals surface area contributed by atoms with Gasteiger partial charge in [-0.15, -0.1) is 0 Å². The molecule has 2 atom stereocenters. The maximum absolute atomic E-state index is 15.8. The number of benzene rings is 2. The molecule has 1 saturated heterocycles. The summed E-state index contributed by atoms with van der Waals surface area (Å²) in [6.07, 6.45) is 0.902. The van der Waals surface area contributed by atoms with Crippen LogP contribution in [-0.4, -0.2) is 76.2 Å². The SMILES string of the molecule is CN(C)C[C@@]1(F)C[C@@H](C(=O)N(F)Cc2cccc(Cl)c2)N(C(=O)Cc2cn(C(N)=O)c3ccccc23)C1. The molecule has 1 fully saturated rings. The van der Waals surface area contributed by atoms with Crippen molar-refractivity contribution in [3.63, 3.8) is 0 Å². The molecular weight excluding hydrogens is 504 g/mol. The molecule has 196 valence electrons. The minimum absolute atomic E-state index is 0.00301. The van der Waals surface area contributed by atoms with E-state index in [4.69, 9.17) is 17.3 Å². The number of nitrogens with zero attached hydrogens (tertiary/aromatic N) is 4. The van der Waals surface area contributed by atoms with Gasteiger partial charge in [0.15, 0.2) is 0 Å². The highest BCUT2D eigenvalue weighted by Crippen LogP contribution is 2.34. The van der Waals surface area contributed by atoms with Crippen LogP contribution in [0.2, 0.25) is 5.02 Å². The van der Waals surface area contributed by atoms with Gasteiger partial charge in [0.1, 0.15) is 11.7 Å². The number of primary amides is 1. The molecular formula is C26H28ClF2N5O3. The molecule has 0 aliphatic carbocycles. The predicted molar refractivity (Wildman–Crippen MR) is 136 cm³/mol. The highest BCUT2D eigenvalue weighted by molar-refractivity contribution is 6.30. The van der Waals surface area contributed by atoms with Crippen LogP contribution < -0.4 is 5.73 Å². The lowest BCUT2D eigenvalue weighted by Crippen LogP contribution is -2.46. The van der Waals surface area contributed by atoms with Crippen molar-refractivity contribution in [1.82, 2.24) is 19.5 Å². The molecule has 3 amide bonds. The first-order valence-electron chi connectivity index (χ1n) is 11.7. The van der Waals surface area contributed by atoms with Gasteiger partial charge in [-0.25, -0.2) is 9.18 Å². The molecule has 2 aromatic carbocycles. The van der Waals surface area contributed by atoms with E-state index in [1.54, 1.807) is 61.5 Å². The van der Waals surface area contributed by atoms with Gasteiger partial charge in [0.05, 0.1) is 25.0 Å². The van der Waals surface area contributed by atoms with Gasteiger partial charge in [-0.1, -0.05) is 46.4 Å². The number of halogens is 3. The monoisotopic (exact) mass is 531 g/mol. The number of hydrogen-bond acceptors (Lipinski definition) is 4. The summed E-state index contributed by atoms with van der Waals surface area (Å²) < 4.78 is 32.1. The quantitative estimate of drug-likeness (QED) is 0.472. The van der Waals surface area contributed by atoms with Crippen LogP contribution in [0, 0.1) is 0 Å². The predicted octanol–water partition coefficient (Wildman–Crippen LogP) is 3.55. The largest absolute Gasteiger partial charge is 0.351 e. The second kappa shape index (κ2) is 10.5. The van der Waals surface area contributed by atoms with E-state index in [1.807, 2.05) is 0 Å². The molecule has 0 unspecified atom stereocenters. The highest BCUT2D eigenvalue weighted by Gasteiger charge is 2.50. The van der Waals surface area contributed by atoms with Crippen molar-refractivity contribution in [2.45, 2.75) is 31.1 Å². The Labute approximate surface area is 218 Å². The second-order valence-corrected chi connectivity index (χ2v) is 10.1. The molecule has 3 aromatic rings. The first-order chi connectivity index (χ1) is 17.5. The van der Waals surface area contributed by atoms with Gasteiger partial charge in [0.2, 0.25) is 5.91 Å². The van der Waals surface area contributed by atoms with E-state index in [2.05, 4.69) is 0 Å². The Kier molecular flexibility index (Phi) is 7.52. The first kappa shape index (κ1) is 26.6. The van der Waals surface area contributed by atoms with Gasteiger partial charge in [-0.2, -0.15) is 5.12 Å². The number of carbonyl (C=O) groups is 3. The van der Waals surface area contributed by atoms with Gasteiger partial charge < -0.3 is 15.5 Å². The molecule has 2 N–H and O–H groups in total. The van der Waals surface area contributed by atoms with Gasteiger partial charge in [-0.05, 0) is 43.4 Å². The number of hydrogen-bond donors (Lipinski definition) is 1. The van der Waals surface area contributed by atoms with Crippen LogP contribution in [-0.2, 0) is 22.6 Å². The van der Waals surface area contributed by atoms with Crippen molar-refractivity contribution in [3.05, 3.63) is 70.9 Å². The Morgan fingerprint density at radius 1 is 1.16 bits per heavy atom. The van der Waals surface area contributed by atoms with E-state index in [0.29, 0.717) is 27.1 Å². The summed E-state index contributed by atoms with van der Waals surface area (Å²) in [5.74, 6) is -1.56. The molecule has 0 radical (unpaired) electrons. The average Bonchev–Trinajstić information content (AvgIpc) is 3.36. The van der Waals surface area contributed by atoms with Crippen molar-refractivity contribution in [3.8, 4) is 0 Å². The fourth-order valence-electron chi connectivity index (χ4n) is 4.97. The van der Waals surface area contributed by atoms with Crippen molar-refractivity contribution < 1.29 is 23.3 Å². The molecule has 1 aromatic heterocycles. The Morgan fingerprint density at radius 3 is 2.57 bits per heavy atom. The maximum Gasteiger partial charge on any atom is 0.323 e. The summed E-state index contributed by atoms with van der Waals surface area (Å²) in [7, 11) is 3.36. The Balaban J connectivity index is 1.60. The highest BCUT2D eigenvalue weighted by atomic mass is 35.5. The summed E-state index contributed by atoms with van der Waals surface area (Å²) >= 11 is 5.96. The summed E-state index contributed by atoms with van der Waals surface area (Å²) in [6.45, 7) is -0.793. The molecule has 1 aliphatic heterocycles. The third-order valence-corrected chi connectivity index (χ3v) is 6.65. The molecule has 11 heteroatoms. The molecule has 1 aliphatic rings. The Bertz CT molecular complexity index is 1350. The van der Waals surface area contributed by atoms with Crippen molar-refractivity contribution in [2.24, 2.45) is 5.73 Å². The summed E-state index contributed by atoms with van der Waals surface area (Å²) in [5, 5.41) is 1.02. The van der Waals surface area contributed by atoms with Gasteiger partial charge in [-0.3, -0.25) is 14.2 Å². The van der Waals surface area contributed by atoms with Crippen LogP contribution in [0.15, 0.2) is 54.7 Å². The van der Waals surface area contributed by atoms with Crippen LogP contribution in [0.1, 0.15) is 17.5 Å². The third-order valence-electron chi connectivity index (χ3n) is 6.42. The van der Waals surface area contributed by atoms with E-state index in [-0.39, 0.29) is 31.1 Å². The lowest BCUT2D eigenvalue weighted by atomic mass is 10.0. The number of fused-ring (bicyclic) bond motifs is 1. The number of alkyl halides is 1. The van der Waals surface area contributed by atoms with Crippen molar-refractivity contribution in [2.75, 3.05) is 27.2 Å². The van der Waals surface area contributed by atoms with Crippen LogP contribution >= 0.6 is 11.6 Å². The lowest BCUT2D eigenvalue weighted by Gasteiger charge is -2.26. The smallest absolute Gasteiger partial charge is 0.323 e. The number of carbonyl (C=O) groups excluding carboxylic acids is 3. The van der Waals surface area contributed by atoms with Gasteiger partial charge >= 0.3 is 6.03 Å². The van der Waals surface area contributed by atoms with Crippen molar-refractivity contribution >= 4 is 40.3 Å². The maximum atomic E-state index is 15.8. The molecule has 0 bridgehead atoms. The second-order valence-electron chi connectivity index (χ2n) is 9.68. The first-order valence-corrected chi connectivity index (χ1v) is 12.1. The number of para-hydroxylation sites is 1. The zero-order chi connectivity index (χ0) is 26.9. The minimum atomic E-state index is -1.91. The Hall–Kier alpha value is -3.50. The Morgan fingerprint density at radius 2 is 1.89 bits per heavy atom. The lowest BCUT2D eigenvalue weighted by molar-refractivity contribution is -0.156. The summed E-state index contributed by atoms with van der Waals surface area (Å²) in [6, 6.07) is 11.3. The fraction of sp³-hybridized carbons (Fsp3) is 0.346. The number of amides is 3. The number of likely N-dealkylation sites (tertiary alicyclic amines) is 1. The zero-order valence-corrected chi connectivity index (χ0v) is 21.3. The normalized spacial score (nSPS) is 19.5. The third kappa shape index (κ3) is 5.75. The summed E-state index contributed by atoms with van der Waals surface area (Å²) in [5.41, 5.74) is 5.04. The van der Waals surface area contributed by atoms with E-state index in [0.717, 1.165) is 4.90 Å². The number of rotatable bonds is 7. The summed E-state index contributed by atoms with van der Waals surface area (Å²) in [4.78, 5) is 41.2. The average molecular weight is 532 g/mol. The fourth-order valence-corrected chi connectivity index (χ4v) is 5.19. The van der Waals surface area contributed by atoms with Gasteiger partial charge in [0, 0.05) is 29.6 Å². The van der Waals surface area contributed by atoms with Crippen molar-refractivity contribution in [1.29, 1.82) is 0 Å². The van der Waals surface area contributed by atoms with Crippen LogP contribution in [0.3, 0.4) is 0 Å². The zero-order valence-electron chi connectivity index (χ0n) is 20.5. The van der Waals surface area contributed by atoms with Crippen LogP contribution in [0.4, 0.5) is 13.7 Å². The molecule has 2 heterocycles. The minimum Gasteiger partial charge on any atom is -0.351 e. The topological polar surface area (TPSA) is 91.9 Å². The van der Waals surface area contributed by atoms with E-state index in [9.17, 15) is 14.4 Å². The molecule has 8 nitrogen and oxygen atoms in total. The van der Waals surface area contributed by atoms with E-state index in [1.165, 1.54) is 16.8 Å². The number of nitrogens with two attached hydrogens (primary N) is 1.